The molecule has 0 unspecified atom stereocenters. The number of benzene rings is 3. The van der Waals surface area contributed by atoms with Gasteiger partial charge in [0.25, 0.3) is 5.91 Å². The molecule has 0 fully saturated rings. The SMILES string of the molecule is O=C(NCCSc1nc(-c2ccccc2)c(-c2ccccc2)[nH]1)c1cc(C(F)(F)F)cc(C(F)(F)F)c1. The molecule has 1 aromatic heterocycles. The molecule has 1 amide bonds. The lowest BCUT2D eigenvalue weighted by molar-refractivity contribution is -0.143. The van der Waals surface area contributed by atoms with E-state index < -0.39 is 35.0 Å². The van der Waals surface area contributed by atoms with Crippen LogP contribution in [0.4, 0.5) is 26.3 Å². The number of thioether (sulfide) groups is 1. The minimum absolute atomic E-state index is 0.0108. The molecule has 0 saturated carbocycles. The number of rotatable bonds is 7. The number of aromatic nitrogens is 2. The molecule has 37 heavy (non-hydrogen) atoms. The number of nitrogens with zero attached hydrogens (tertiary/aromatic N) is 1. The summed E-state index contributed by atoms with van der Waals surface area (Å²) in [6.07, 6.45) is -10.1. The Bertz CT molecular complexity index is 1280. The normalized spacial score (nSPS) is 11.9. The number of imidazole rings is 1. The minimum Gasteiger partial charge on any atom is -0.351 e. The summed E-state index contributed by atoms with van der Waals surface area (Å²) in [5.74, 6) is -0.765. The summed E-state index contributed by atoms with van der Waals surface area (Å²) in [5.41, 5.74) is -0.479. The van der Waals surface area contributed by atoms with Crippen molar-refractivity contribution < 1.29 is 31.1 Å². The zero-order valence-electron chi connectivity index (χ0n) is 19.0. The van der Waals surface area contributed by atoms with Gasteiger partial charge in [0.15, 0.2) is 5.16 Å². The van der Waals surface area contributed by atoms with Gasteiger partial charge in [0.2, 0.25) is 0 Å². The van der Waals surface area contributed by atoms with Crippen LogP contribution >= 0.6 is 11.8 Å². The number of nitrogens with one attached hydrogen (secondary N) is 2. The first-order valence-corrected chi connectivity index (χ1v) is 11.9. The average Bonchev–Trinajstić information content (AvgIpc) is 3.30. The molecule has 1 heterocycles. The molecule has 192 valence electrons. The Kier molecular flexibility index (Phi) is 7.63. The molecular weight excluding hydrogens is 516 g/mol. The standard InChI is InChI=1S/C26H19F6N3OS/c27-25(28,29)19-13-18(14-20(15-19)26(30,31)32)23(36)33-11-12-37-24-34-21(16-7-3-1-4-8-16)22(35-24)17-9-5-2-6-10-17/h1-10,13-15H,11-12H2,(H,33,36)(H,34,35). The van der Waals surface area contributed by atoms with Crippen LogP contribution in [0.2, 0.25) is 0 Å². The summed E-state index contributed by atoms with van der Waals surface area (Å²) in [6, 6.07) is 19.8. The van der Waals surface area contributed by atoms with Crippen molar-refractivity contribution in [3.8, 4) is 22.5 Å². The molecule has 4 aromatic rings. The van der Waals surface area contributed by atoms with Crippen LogP contribution in [-0.2, 0) is 12.4 Å². The van der Waals surface area contributed by atoms with Gasteiger partial charge in [0.1, 0.15) is 0 Å². The third-order valence-corrected chi connectivity index (χ3v) is 6.14. The third kappa shape index (κ3) is 6.53. The van der Waals surface area contributed by atoms with Gasteiger partial charge >= 0.3 is 12.4 Å². The lowest BCUT2D eigenvalue weighted by Crippen LogP contribution is -2.26. The number of alkyl halides is 6. The summed E-state index contributed by atoms with van der Waals surface area (Å²) in [4.78, 5) is 20.3. The van der Waals surface area contributed by atoms with Crippen molar-refractivity contribution in [2.75, 3.05) is 12.3 Å². The minimum atomic E-state index is -5.03. The first-order valence-electron chi connectivity index (χ1n) is 10.9. The monoisotopic (exact) mass is 535 g/mol. The average molecular weight is 536 g/mol. The fraction of sp³-hybridized carbons (Fsp3) is 0.154. The second-order valence-electron chi connectivity index (χ2n) is 7.90. The van der Waals surface area contributed by atoms with Crippen molar-refractivity contribution in [1.82, 2.24) is 15.3 Å². The third-order valence-electron chi connectivity index (χ3n) is 5.27. The van der Waals surface area contributed by atoms with Crippen LogP contribution in [0.25, 0.3) is 22.5 Å². The summed E-state index contributed by atoms with van der Waals surface area (Å²) in [5, 5.41) is 2.92. The van der Waals surface area contributed by atoms with Crippen molar-refractivity contribution >= 4 is 17.7 Å². The quantitative estimate of drug-likeness (QED) is 0.148. The van der Waals surface area contributed by atoms with E-state index in [4.69, 9.17) is 0 Å². The Morgan fingerprint density at radius 2 is 1.35 bits per heavy atom. The number of hydrogen-bond donors (Lipinski definition) is 2. The summed E-state index contributed by atoms with van der Waals surface area (Å²) in [6.45, 7) is -0.0108. The van der Waals surface area contributed by atoms with Gasteiger partial charge in [-0.05, 0) is 18.2 Å². The van der Waals surface area contributed by atoms with E-state index in [0.717, 1.165) is 22.5 Å². The number of carbonyl (C=O) groups is 1. The second kappa shape index (κ2) is 10.7. The lowest BCUT2D eigenvalue weighted by Gasteiger charge is -2.14. The Hall–Kier alpha value is -3.73. The number of halogens is 6. The fourth-order valence-electron chi connectivity index (χ4n) is 3.54. The van der Waals surface area contributed by atoms with Crippen LogP contribution in [0, 0.1) is 0 Å². The molecule has 0 aliphatic rings. The maximum Gasteiger partial charge on any atom is 0.416 e. The molecule has 4 rings (SSSR count). The van der Waals surface area contributed by atoms with Gasteiger partial charge in [0.05, 0.1) is 22.5 Å². The van der Waals surface area contributed by atoms with E-state index in [-0.39, 0.29) is 18.4 Å². The van der Waals surface area contributed by atoms with Crippen LogP contribution in [-0.4, -0.2) is 28.2 Å². The molecule has 0 aliphatic heterocycles. The van der Waals surface area contributed by atoms with Gasteiger partial charge in [-0.25, -0.2) is 4.98 Å². The van der Waals surface area contributed by atoms with Crippen LogP contribution < -0.4 is 5.32 Å². The second-order valence-corrected chi connectivity index (χ2v) is 8.98. The Morgan fingerprint density at radius 3 is 1.89 bits per heavy atom. The molecule has 0 spiro atoms. The summed E-state index contributed by atoms with van der Waals surface area (Å²) < 4.78 is 78.4. The fourth-order valence-corrected chi connectivity index (χ4v) is 4.27. The lowest BCUT2D eigenvalue weighted by atomic mass is 10.0. The van der Waals surface area contributed by atoms with E-state index in [2.05, 4.69) is 15.3 Å². The first kappa shape index (κ1) is 26.3. The molecule has 3 aromatic carbocycles. The van der Waals surface area contributed by atoms with Crippen LogP contribution in [0.1, 0.15) is 21.5 Å². The van der Waals surface area contributed by atoms with Crippen molar-refractivity contribution in [2.24, 2.45) is 0 Å². The summed E-state index contributed by atoms with van der Waals surface area (Å²) >= 11 is 1.26. The van der Waals surface area contributed by atoms with E-state index in [9.17, 15) is 31.1 Å². The van der Waals surface area contributed by atoms with Crippen molar-refractivity contribution in [3.05, 3.63) is 95.6 Å². The molecule has 0 aliphatic carbocycles. The number of hydrogen-bond acceptors (Lipinski definition) is 3. The van der Waals surface area contributed by atoms with E-state index in [1.165, 1.54) is 11.8 Å². The molecule has 11 heteroatoms. The molecule has 4 nitrogen and oxygen atoms in total. The van der Waals surface area contributed by atoms with E-state index in [0.29, 0.717) is 17.3 Å². The molecule has 2 N–H and O–H groups in total. The van der Waals surface area contributed by atoms with E-state index >= 15 is 0 Å². The first-order chi connectivity index (χ1) is 17.5. The van der Waals surface area contributed by atoms with Gasteiger partial charge in [-0.15, -0.1) is 0 Å². The van der Waals surface area contributed by atoms with Gasteiger partial charge in [-0.1, -0.05) is 72.4 Å². The predicted molar refractivity (Wildman–Crippen MR) is 129 cm³/mol. The van der Waals surface area contributed by atoms with Gasteiger partial charge in [0, 0.05) is 29.0 Å². The van der Waals surface area contributed by atoms with Crippen LogP contribution in [0.15, 0.2) is 84.0 Å². The maximum absolute atomic E-state index is 13.1. The van der Waals surface area contributed by atoms with Crippen LogP contribution in [0.5, 0.6) is 0 Å². The molecule has 0 radical (unpaired) electrons. The van der Waals surface area contributed by atoms with Crippen molar-refractivity contribution in [2.45, 2.75) is 17.5 Å². The number of aromatic amines is 1. The zero-order chi connectivity index (χ0) is 26.6. The predicted octanol–water partition coefficient (Wildman–Crippen LogP) is 7.30. The van der Waals surface area contributed by atoms with Gasteiger partial charge in [-0.2, -0.15) is 26.3 Å². The molecular formula is C26H19F6N3OS. The maximum atomic E-state index is 13.1. The van der Waals surface area contributed by atoms with Crippen molar-refractivity contribution in [1.29, 1.82) is 0 Å². The number of amides is 1. The smallest absolute Gasteiger partial charge is 0.351 e. The Morgan fingerprint density at radius 1 is 0.811 bits per heavy atom. The molecule has 0 atom stereocenters. The number of H-pyrrole nitrogens is 1. The zero-order valence-corrected chi connectivity index (χ0v) is 19.8. The largest absolute Gasteiger partial charge is 0.416 e. The molecule has 0 saturated heterocycles. The topological polar surface area (TPSA) is 57.8 Å². The van der Waals surface area contributed by atoms with Crippen molar-refractivity contribution in [3.63, 3.8) is 0 Å². The highest BCUT2D eigenvalue weighted by molar-refractivity contribution is 7.99. The van der Waals surface area contributed by atoms with Gasteiger partial charge in [-0.3, -0.25) is 4.79 Å². The molecule has 0 bridgehead atoms. The highest BCUT2D eigenvalue weighted by atomic mass is 32.2. The number of carbonyl (C=O) groups excluding carboxylic acids is 1. The van der Waals surface area contributed by atoms with E-state index in [1.807, 2.05) is 60.7 Å². The Labute approximate surface area is 212 Å². The van der Waals surface area contributed by atoms with E-state index in [1.54, 1.807) is 0 Å². The highest BCUT2D eigenvalue weighted by Gasteiger charge is 2.37. The van der Waals surface area contributed by atoms with Gasteiger partial charge < -0.3 is 10.3 Å². The highest BCUT2D eigenvalue weighted by Crippen LogP contribution is 2.36. The van der Waals surface area contributed by atoms with Crippen LogP contribution in [0.3, 0.4) is 0 Å². The Balaban J connectivity index is 1.46. The summed E-state index contributed by atoms with van der Waals surface area (Å²) in [7, 11) is 0.